The average Bonchev–Trinajstić information content (AvgIpc) is 2.93. The zero-order valence-corrected chi connectivity index (χ0v) is 14.8. The van der Waals surface area contributed by atoms with Gasteiger partial charge in [-0.1, -0.05) is 22.0 Å². The van der Waals surface area contributed by atoms with Crippen molar-refractivity contribution in [2.75, 3.05) is 18.6 Å². The van der Waals surface area contributed by atoms with Crippen molar-refractivity contribution in [3.8, 4) is 5.75 Å². The monoisotopic (exact) mass is 401 g/mol. The fourth-order valence-electron chi connectivity index (χ4n) is 1.73. The maximum atomic E-state index is 11.8. The number of benzene rings is 1. The number of furan rings is 1. The molecule has 0 aliphatic carbocycles. The van der Waals surface area contributed by atoms with Crippen LogP contribution in [0.1, 0.15) is 16.3 Å². The van der Waals surface area contributed by atoms with Crippen LogP contribution in [0.2, 0.25) is 0 Å². The van der Waals surface area contributed by atoms with Crippen LogP contribution in [-0.4, -0.2) is 32.9 Å². The Labute approximate surface area is 142 Å². The Morgan fingerprint density at radius 3 is 2.78 bits per heavy atom. The van der Waals surface area contributed by atoms with E-state index < -0.39 is 15.7 Å². The van der Waals surface area contributed by atoms with Gasteiger partial charge in [-0.3, -0.25) is 4.79 Å². The van der Waals surface area contributed by atoms with E-state index >= 15 is 0 Å². The molecule has 23 heavy (non-hydrogen) atoms. The quantitative estimate of drug-likeness (QED) is 0.769. The van der Waals surface area contributed by atoms with Gasteiger partial charge < -0.3 is 14.5 Å². The molecule has 1 aromatic carbocycles. The van der Waals surface area contributed by atoms with Gasteiger partial charge in [-0.15, -0.1) is 0 Å². The minimum atomic E-state index is -3.11. The average molecular weight is 402 g/mol. The number of hydrogen-bond acceptors (Lipinski definition) is 5. The largest absolute Gasteiger partial charge is 0.486 e. The number of amides is 1. The normalized spacial score (nSPS) is 11.2. The van der Waals surface area contributed by atoms with Gasteiger partial charge in [0.1, 0.15) is 28.0 Å². The van der Waals surface area contributed by atoms with Crippen molar-refractivity contribution in [3.05, 3.63) is 52.4 Å². The molecule has 0 unspecified atom stereocenters. The minimum absolute atomic E-state index is 0.0439. The fourth-order valence-corrected chi connectivity index (χ4v) is 2.58. The third kappa shape index (κ3) is 6.07. The molecule has 0 aliphatic heterocycles. The van der Waals surface area contributed by atoms with Gasteiger partial charge >= 0.3 is 0 Å². The van der Waals surface area contributed by atoms with Crippen LogP contribution < -0.4 is 10.1 Å². The topological polar surface area (TPSA) is 85.6 Å². The molecule has 0 aliphatic rings. The maximum absolute atomic E-state index is 11.8. The van der Waals surface area contributed by atoms with E-state index in [-0.39, 0.29) is 24.7 Å². The molecule has 8 heteroatoms. The summed E-state index contributed by atoms with van der Waals surface area (Å²) in [5, 5.41) is 2.49. The number of sulfone groups is 1. The summed E-state index contributed by atoms with van der Waals surface area (Å²) in [5.41, 5.74) is 0. The Kier molecular flexibility index (Phi) is 5.84. The van der Waals surface area contributed by atoms with Gasteiger partial charge in [0.05, 0.1) is 5.75 Å². The van der Waals surface area contributed by atoms with E-state index in [1.165, 1.54) is 6.07 Å². The van der Waals surface area contributed by atoms with E-state index in [0.29, 0.717) is 11.5 Å². The number of rotatable bonds is 7. The van der Waals surface area contributed by atoms with Gasteiger partial charge in [0.25, 0.3) is 5.91 Å². The van der Waals surface area contributed by atoms with Crippen LogP contribution in [-0.2, 0) is 16.4 Å². The molecule has 0 spiro atoms. The third-order valence-corrected chi connectivity index (χ3v) is 4.26. The fraction of sp³-hybridized carbons (Fsp3) is 0.267. The molecule has 2 aromatic rings. The maximum Gasteiger partial charge on any atom is 0.287 e. The predicted molar refractivity (Wildman–Crippen MR) is 89.2 cm³/mol. The highest BCUT2D eigenvalue weighted by Gasteiger charge is 2.12. The van der Waals surface area contributed by atoms with Crippen molar-refractivity contribution >= 4 is 31.7 Å². The minimum Gasteiger partial charge on any atom is -0.486 e. The highest BCUT2D eigenvalue weighted by atomic mass is 79.9. The zero-order valence-electron chi connectivity index (χ0n) is 12.4. The van der Waals surface area contributed by atoms with E-state index in [1.807, 2.05) is 24.3 Å². The van der Waals surface area contributed by atoms with Crippen molar-refractivity contribution in [2.45, 2.75) is 6.61 Å². The summed E-state index contributed by atoms with van der Waals surface area (Å²) >= 11 is 3.35. The standard InChI is InChI=1S/C15H16BrNO5S/c1-23(19,20)8-7-17-15(18)14-6-5-13(22-14)10-21-12-4-2-3-11(16)9-12/h2-6,9H,7-8,10H2,1H3,(H,17,18). The molecule has 1 aromatic heterocycles. The molecule has 0 saturated heterocycles. The first-order chi connectivity index (χ1) is 10.8. The van der Waals surface area contributed by atoms with Crippen LogP contribution >= 0.6 is 15.9 Å². The first-order valence-electron chi connectivity index (χ1n) is 6.76. The lowest BCUT2D eigenvalue weighted by molar-refractivity contribution is 0.0924. The number of carbonyl (C=O) groups is 1. The second-order valence-corrected chi connectivity index (χ2v) is 8.07. The Bertz CT molecular complexity index is 785. The summed E-state index contributed by atoms with van der Waals surface area (Å²) in [6.07, 6.45) is 1.11. The van der Waals surface area contributed by atoms with E-state index in [4.69, 9.17) is 9.15 Å². The molecule has 0 bridgehead atoms. The van der Waals surface area contributed by atoms with Gasteiger partial charge in [-0.05, 0) is 30.3 Å². The molecule has 124 valence electrons. The lowest BCUT2D eigenvalue weighted by atomic mass is 10.3. The van der Waals surface area contributed by atoms with E-state index in [1.54, 1.807) is 6.07 Å². The SMILES string of the molecule is CS(=O)(=O)CCNC(=O)c1ccc(COc2cccc(Br)c2)o1. The lowest BCUT2D eigenvalue weighted by Crippen LogP contribution is -2.28. The highest BCUT2D eigenvalue weighted by molar-refractivity contribution is 9.10. The number of ether oxygens (including phenoxy) is 1. The molecule has 2 rings (SSSR count). The molecule has 0 radical (unpaired) electrons. The van der Waals surface area contributed by atoms with Crippen molar-refractivity contribution < 1.29 is 22.4 Å². The molecule has 1 N–H and O–H groups in total. The van der Waals surface area contributed by atoms with Gasteiger partial charge in [0.15, 0.2) is 5.76 Å². The second-order valence-electron chi connectivity index (χ2n) is 4.90. The van der Waals surface area contributed by atoms with Crippen molar-refractivity contribution in [1.82, 2.24) is 5.32 Å². The molecule has 0 fully saturated rings. The van der Waals surface area contributed by atoms with Crippen LogP contribution in [0.15, 0.2) is 45.3 Å². The predicted octanol–water partition coefficient (Wildman–Crippen LogP) is 2.40. The summed E-state index contributed by atoms with van der Waals surface area (Å²) in [6.45, 7) is 0.231. The van der Waals surface area contributed by atoms with Gasteiger partial charge in [0, 0.05) is 17.3 Å². The Hall–Kier alpha value is -1.80. The number of hydrogen-bond donors (Lipinski definition) is 1. The Morgan fingerprint density at radius 1 is 1.30 bits per heavy atom. The van der Waals surface area contributed by atoms with Crippen LogP contribution in [0.4, 0.5) is 0 Å². The molecule has 1 amide bonds. The first kappa shape index (κ1) is 17.6. The number of carbonyl (C=O) groups excluding carboxylic acids is 1. The molecule has 6 nitrogen and oxygen atoms in total. The van der Waals surface area contributed by atoms with Gasteiger partial charge in [0.2, 0.25) is 0 Å². The molecule has 1 heterocycles. The van der Waals surface area contributed by atoms with Gasteiger partial charge in [-0.2, -0.15) is 0 Å². The van der Waals surface area contributed by atoms with Crippen LogP contribution in [0.25, 0.3) is 0 Å². The highest BCUT2D eigenvalue weighted by Crippen LogP contribution is 2.19. The Morgan fingerprint density at radius 2 is 2.09 bits per heavy atom. The smallest absolute Gasteiger partial charge is 0.287 e. The lowest BCUT2D eigenvalue weighted by Gasteiger charge is -2.04. The Balaban J connectivity index is 1.86. The van der Waals surface area contributed by atoms with E-state index in [0.717, 1.165) is 10.7 Å². The van der Waals surface area contributed by atoms with E-state index in [9.17, 15) is 13.2 Å². The molecule has 0 atom stereocenters. The zero-order chi connectivity index (χ0) is 16.9. The third-order valence-electron chi connectivity index (χ3n) is 2.82. The molecule has 0 saturated carbocycles. The summed E-state index contributed by atoms with van der Waals surface area (Å²) in [7, 11) is -3.11. The molecular weight excluding hydrogens is 386 g/mol. The van der Waals surface area contributed by atoms with Crippen molar-refractivity contribution in [2.24, 2.45) is 0 Å². The van der Waals surface area contributed by atoms with Crippen LogP contribution in [0.3, 0.4) is 0 Å². The second kappa shape index (κ2) is 7.65. The summed E-state index contributed by atoms with van der Waals surface area (Å²) < 4.78 is 33.8. The van der Waals surface area contributed by atoms with Crippen LogP contribution in [0.5, 0.6) is 5.75 Å². The van der Waals surface area contributed by atoms with Gasteiger partial charge in [-0.25, -0.2) is 8.42 Å². The number of nitrogens with one attached hydrogen (secondary N) is 1. The van der Waals surface area contributed by atoms with Crippen LogP contribution in [0, 0.1) is 0 Å². The molecular formula is C15H16BrNO5S. The summed E-state index contributed by atoms with van der Waals surface area (Å²) in [4.78, 5) is 11.8. The summed E-state index contributed by atoms with van der Waals surface area (Å²) in [5.74, 6) is 0.722. The van der Waals surface area contributed by atoms with Crippen molar-refractivity contribution in [1.29, 1.82) is 0 Å². The van der Waals surface area contributed by atoms with E-state index in [2.05, 4.69) is 21.2 Å². The number of halogens is 1. The first-order valence-corrected chi connectivity index (χ1v) is 9.62. The van der Waals surface area contributed by atoms with Crippen molar-refractivity contribution in [3.63, 3.8) is 0 Å². The summed E-state index contributed by atoms with van der Waals surface area (Å²) in [6, 6.07) is 10.5.